The van der Waals surface area contributed by atoms with Crippen LogP contribution in [0.4, 0.5) is 4.39 Å². The van der Waals surface area contributed by atoms with Gasteiger partial charge in [0.25, 0.3) is 0 Å². The summed E-state index contributed by atoms with van der Waals surface area (Å²) in [4.78, 5) is 12.0. The van der Waals surface area contributed by atoms with Gasteiger partial charge in [0, 0.05) is 0 Å². The van der Waals surface area contributed by atoms with Gasteiger partial charge in [-0.1, -0.05) is 31.4 Å². The summed E-state index contributed by atoms with van der Waals surface area (Å²) in [7, 11) is 0. The molecule has 17 heavy (non-hydrogen) atoms. The van der Waals surface area contributed by atoms with Gasteiger partial charge in [-0.3, -0.25) is 10.2 Å². The fraction of sp³-hybridized carbons (Fsp3) is 0.462. The Morgan fingerprint density at radius 2 is 1.76 bits per heavy atom. The van der Waals surface area contributed by atoms with Crippen LogP contribution in [-0.4, -0.2) is 5.91 Å². The first-order valence-corrected chi connectivity index (χ1v) is 5.96. The molecular formula is C13H17FN2O. The number of carbonyl (C=O) groups excluding carboxylic acids is 1. The molecule has 1 aliphatic rings. The van der Waals surface area contributed by atoms with Gasteiger partial charge in [-0.15, -0.1) is 0 Å². The maximum atomic E-state index is 12.9. The first kappa shape index (κ1) is 12.0. The van der Waals surface area contributed by atoms with Crippen LogP contribution < -0.4 is 11.3 Å². The number of carbonyl (C=O) groups is 1. The Balaban J connectivity index is 2.38. The number of hydrogen-bond donors (Lipinski definition) is 2. The van der Waals surface area contributed by atoms with Crippen molar-refractivity contribution in [2.45, 2.75) is 37.5 Å². The predicted octanol–water partition coefficient (Wildman–Crippen LogP) is 2.02. The molecule has 92 valence electrons. The number of nitrogens with two attached hydrogens (primary N) is 1. The minimum absolute atomic E-state index is 0.163. The Morgan fingerprint density at radius 3 is 2.29 bits per heavy atom. The molecule has 1 amide bonds. The first-order chi connectivity index (χ1) is 8.19. The average Bonchev–Trinajstić information content (AvgIpc) is 2.39. The van der Waals surface area contributed by atoms with Crippen LogP contribution in [-0.2, 0) is 10.2 Å². The SMILES string of the molecule is NNC(=O)C1(c2ccc(F)cc2)CCCCC1. The highest BCUT2D eigenvalue weighted by atomic mass is 19.1. The van der Waals surface area contributed by atoms with Crippen molar-refractivity contribution in [3.05, 3.63) is 35.6 Å². The highest BCUT2D eigenvalue weighted by Crippen LogP contribution is 2.39. The number of nitrogens with one attached hydrogen (secondary N) is 1. The minimum Gasteiger partial charge on any atom is -0.293 e. The van der Waals surface area contributed by atoms with E-state index in [1.807, 2.05) is 0 Å². The highest BCUT2D eigenvalue weighted by molar-refractivity contribution is 5.87. The molecule has 1 fully saturated rings. The van der Waals surface area contributed by atoms with Crippen LogP contribution >= 0.6 is 0 Å². The summed E-state index contributed by atoms with van der Waals surface area (Å²) in [6.07, 6.45) is 4.71. The van der Waals surface area contributed by atoms with Gasteiger partial charge in [0.1, 0.15) is 5.82 Å². The van der Waals surface area contributed by atoms with Gasteiger partial charge in [0.05, 0.1) is 5.41 Å². The molecule has 0 radical (unpaired) electrons. The quantitative estimate of drug-likeness (QED) is 0.469. The van der Waals surface area contributed by atoms with Crippen molar-refractivity contribution in [2.24, 2.45) is 5.84 Å². The number of halogens is 1. The fourth-order valence-electron chi connectivity index (χ4n) is 2.71. The van der Waals surface area contributed by atoms with Crippen LogP contribution in [0.2, 0.25) is 0 Å². The number of rotatable bonds is 2. The monoisotopic (exact) mass is 236 g/mol. The van der Waals surface area contributed by atoms with Crippen molar-refractivity contribution in [3.8, 4) is 0 Å². The number of hydrazine groups is 1. The standard InChI is InChI=1S/C13H17FN2O/c14-11-6-4-10(5-7-11)13(12(17)16-15)8-2-1-3-9-13/h4-7H,1-3,8-9,15H2,(H,16,17). The summed E-state index contributed by atoms with van der Waals surface area (Å²) < 4.78 is 12.9. The summed E-state index contributed by atoms with van der Waals surface area (Å²) in [6.45, 7) is 0. The van der Waals surface area contributed by atoms with Crippen molar-refractivity contribution in [3.63, 3.8) is 0 Å². The molecule has 1 saturated carbocycles. The molecule has 0 aromatic heterocycles. The normalized spacial score (nSPS) is 18.7. The van der Waals surface area contributed by atoms with Gasteiger partial charge in [-0.2, -0.15) is 0 Å². The number of benzene rings is 1. The minimum atomic E-state index is -0.569. The van der Waals surface area contributed by atoms with E-state index in [4.69, 9.17) is 5.84 Å². The van der Waals surface area contributed by atoms with E-state index in [1.165, 1.54) is 12.1 Å². The summed E-state index contributed by atoms with van der Waals surface area (Å²) in [5.41, 5.74) is 2.55. The number of amides is 1. The van der Waals surface area contributed by atoms with Crippen molar-refractivity contribution >= 4 is 5.91 Å². The third-order valence-corrected chi connectivity index (χ3v) is 3.67. The van der Waals surface area contributed by atoms with Crippen LogP contribution in [0, 0.1) is 5.82 Å². The summed E-state index contributed by atoms with van der Waals surface area (Å²) >= 11 is 0. The van der Waals surface area contributed by atoms with Gasteiger partial charge in [-0.05, 0) is 30.5 Å². The first-order valence-electron chi connectivity index (χ1n) is 5.96. The molecule has 0 unspecified atom stereocenters. The molecule has 3 nitrogen and oxygen atoms in total. The van der Waals surface area contributed by atoms with E-state index in [9.17, 15) is 9.18 Å². The second kappa shape index (κ2) is 4.84. The largest absolute Gasteiger partial charge is 0.293 e. The van der Waals surface area contributed by atoms with Gasteiger partial charge in [0.2, 0.25) is 5.91 Å². The molecule has 0 spiro atoms. The Bertz CT molecular complexity index is 396. The highest BCUT2D eigenvalue weighted by Gasteiger charge is 2.40. The van der Waals surface area contributed by atoms with Crippen LogP contribution in [0.3, 0.4) is 0 Å². The van der Waals surface area contributed by atoms with Crippen molar-refractivity contribution in [2.75, 3.05) is 0 Å². The molecule has 0 heterocycles. The number of hydrogen-bond acceptors (Lipinski definition) is 2. The lowest BCUT2D eigenvalue weighted by Gasteiger charge is -2.35. The molecule has 2 rings (SSSR count). The molecule has 1 aromatic rings. The fourth-order valence-corrected chi connectivity index (χ4v) is 2.71. The smallest absolute Gasteiger partial charge is 0.244 e. The zero-order valence-corrected chi connectivity index (χ0v) is 9.71. The topological polar surface area (TPSA) is 55.1 Å². The van der Waals surface area contributed by atoms with Crippen LogP contribution in [0.15, 0.2) is 24.3 Å². The molecule has 0 atom stereocenters. The van der Waals surface area contributed by atoms with Crippen molar-refractivity contribution in [1.29, 1.82) is 0 Å². The van der Waals surface area contributed by atoms with E-state index in [0.29, 0.717) is 0 Å². The predicted molar refractivity (Wildman–Crippen MR) is 63.5 cm³/mol. The zero-order valence-electron chi connectivity index (χ0n) is 9.71. The van der Waals surface area contributed by atoms with E-state index < -0.39 is 5.41 Å². The van der Waals surface area contributed by atoms with Crippen molar-refractivity contribution in [1.82, 2.24) is 5.43 Å². The average molecular weight is 236 g/mol. The Kier molecular flexibility index (Phi) is 3.43. The van der Waals surface area contributed by atoms with Crippen LogP contribution in [0.5, 0.6) is 0 Å². The van der Waals surface area contributed by atoms with Crippen LogP contribution in [0.1, 0.15) is 37.7 Å². The molecule has 4 heteroatoms. The van der Waals surface area contributed by atoms with Gasteiger partial charge in [0.15, 0.2) is 0 Å². The van der Waals surface area contributed by atoms with E-state index in [0.717, 1.165) is 37.7 Å². The lowest BCUT2D eigenvalue weighted by molar-refractivity contribution is -0.128. The summed E-state index contributed by atoms with van der Waals surface area (Å²) in [5, 5.41) is 0. The Morgan fingerprint density at radius 1 is 1.18 bits per heavy atom. The van der Waals surface area contributed by atoms with E-state index in [2.05, 4.69) is 5.43 Å². The van der Waals surface area contributed by atoms with Gasteiger partial charge < -0.3 is 0 Å². The van der Waals surface area contributed by atoms with E-state index in [-0.39, 0.29) is 11.7 Å². The van der Waals surface area contributed by atoms with Crippen molar-refractivity contribution < 1.29 is 9.18 Å². The molecular weight excluding hydrogens is 219 g/mol. The second-order valence-corrected chi connectivity index (χ2v) is 4.62. The third kappa shape index (κ3) is 2.17. The molecule has 0 aliphatic heterocycles. The van der Waals surface area contributed by atoms with Gasteiger partial charge >= 0.3 is 0 Å². The Labute approximate surface area is 100 Å². The maximum Gasteiger partial charge on any atom is 0.244 e. The zero-order chi connectivity index (χ0) is 12.3. The lowest BCUT2D eigenvalue weighted by Crippen LogP contribution is -2.48. The molecule has 0 bridgehead atoms. The van der Waals surface area contributed by atoms with E-state index in [1.54, 1.807) is 12.1 Å². The lowest BCUT2D eigenvalue weighted by atomic mass is 9.69. The summed E-state index contributed by atoms with van der Waals surface area (Å²) in [5.74, 6) is 4.83. The maximum absolute atomic E-state index is 12.9. The van der Waals surface area contributed by atoms with E-state index >= 15 is 0 Å². The summed E-state index contributed by atoms with van der Waals surface area (Å²) in [6, 6.07) is 6.18. The molecule has 0 saturated heterocycles. The van der Waals surface area contributed by atoms with Crippen LogP contribution in [0.25, 0.3) is 0 Å². The second-order valence-electron chi connectivity index (χ2n) is 4.62. The molecule has 1 aromatic carbocycles. The molecule has 1 aliphatic carbocycles. The molecule has 3 N–H and O–H groups in total. The van der Waals surface area contributed by atoms with Gasteiger partial charge in [-0.25, -0.2) is 10.2 Å². The Hall–Kier alpha value is -1.42. The third-order valence-electron chi connectivity index (χ3n) is 3.67.